The number of hydrogen-bond acceptors (Lipinski definition) is 4. The van der Waals surface area contributed by atoms with Crippen LogP contribution < -0.4 is 5.73 Å². The number of ether oxygens (including phenoxy) is 1. The summed E-state index contributed by atoms with van der Waals surface area (Å²) in [4.78, 5) is 12.0. The summed E-state index contributed by atoms with van der Waals surface area (Å²) in [5, 5.41) is 4.73. The molecule has 0 aliphatic carbocycles. The van der Waals surface area contributed by atoms with Crippen molar-refractivity contribution in [1.29, 1.82) is 0 Å². The maximum atomic E-state index is 12.0. The summed E-state index contributed by atoms with van der Waals surface area (Å²) in [6, 6.07) is 4.92. The summed E-state index contributed by atoms with van der Waals surface area (Å²) in [7, 11) is 0. The van der Waals surface area contributed by atoms with Crippen LogP contribution in [0, 0.1) is 0 Å². The van der Waals surface area contributed by atoms with Gasteiger partial charge >= 0.3 is 5.97 Å². The minimum absolute atomic E-state index is 0.0820. The second-order valence-electron chi connectivity index (χ2n) is 4.82. The van der Waals surface area contributed by atoms with E-state index in [1.54, 1.807) is 10.7 Å². The summed E-state index contributed by atoms with van der Waals surface area (Å²) in [6.07, 6.45) is 1.84. The quantitative estimate of drug-likeness (QED) is 0.686. The highest BCUT2D eigenvalue weighted by Gasteiger charge is 2.13. The summed E-state index contributed by atoms with van der Waals surface area (Å²) in [6.45, 7) is 4.11. The van der Waals surface area contributed by atoms with E-state index in [9.17, 15) is 4.79 Å². The lowest BCUT2D eigenvalue weighted by molar-refractivity contribution is 0.0467. The number of carbonyl (C=O) groups excluding carboxylic acids is 1. The van der Waals surface area contributed by atoms with Crippen LogP contribution in [0.5, 0.6) is 0 Å². The van der Waals surface area contributed by atoms with Crippen LogP contribution in [0.15, 0.2) is 24.4 Å². The van der Waals surface area contributed by atoms with Crippen LogP contribution in [0.3, 0.4) is 0 Å². The van der Waals surface area contributed by atoms with Crippen LogP contribution in [0.2, 0.25) is 10.0 Å². The van der Waals surface area contributed by atoms with E-state index >= 15 is 0 Å². The Labute approximate surface area is 132 Å². The van der Waals surface area contributed by atoms with Crippen molar-refractivity contribution in [1.82, 2.24) is 9.78 Å². The predicted molar refractivity (Wildman–Crippen MR) is 82.6 cm³/mol. The Morgan fingerprint density at radius 1 is 1.43 bits per heavy atom. The van der Waals surface area contributed by atoms with E-state index in [0.717, 1.165) is 0 Å². The van der Waals surface area contributed by atoms with Gasteiger partial charge in [0.05, 0.1) is 27.0 Å². The Morgan fingerprint density at radius 3 is 2.71 bits per heavy atom. The van der Waals surface area contributed by atoms with Crippen LogP contribution in [0.1, 0.15) is 35.9 Å². The smallest absolute Gasteiger partial charge is 0.338 e. The van der Waals surface area contributed by atoms with Crippen molar-refractivity contribution in [3.63, 3.8) is 0 Å². The number of hydrogen-bond donors (Lipinski definition) is 1. The molecular formula is C14H15Cl2N3O2. The molecule has 21 heavy (non-hydrogen) atoms. The number of nitrogens with two attached hydrogens (primary N) is 1. The summed E-state index contributed by atoms with van der Waals surface area (Å²) in [5.74, 6) is -0.528. The molecule has 0 unspecified atom stereocenters. The zero-order valence-electron chi connectivity index (χ0n) is 11.6. The minimum Gasteiger partial charge on any atom is -0.456 e. The molecule has 5 nitrogen and oxygen atoms in total. The molecule has 1 aromatic heterocycles. The van der Waals surface area contributed by atoms with E-state index in [-0.39, 0.29) is 33.9 Å². The monoisotopic (exact) mass is 327 g/mol. The number of anilines is 1. The van der Waals surface area contributed by atoms with Gasteiger partial charge in [0.15, 0.2) is 0 Å². The Hall–Kier alpha value is -1.72. The predicted octanol–water partition coefficient (Wildman–Crippen LogP) is 3.71. The van der Waals surface area contributed by atoms with Crippen molar-refractivity contribution in [2.24, 2.45) is 0 Å². The Balaban J connectivity index is 2.04. The summed E-state index contributed by atoms with van der Waals surface area (Å²) < 4.78 is 6.98. The van der Waals surface area contributed by atoms with Crippen LogP contribution in [-0.2, 0) is 11.3 Å². The van der Waals surface area contributed by atoms with Gasteiger partial charge in [0.1, 0.15) is 6.61 Å². The molecule has 0 radical (unpaired) electrons. The minimum atomic E-state index is -0.528. The first-order chi connectivity index (χ1) is 9.88. The summed E-state index contributed by atoms with van der Waals surface area (Å²) >= 11 is 11.7. The highest BCUT2D eigenvalue weighted by molar-refractivity contribution is 6.43. The van der Waals surface area contributed by atoms with Crippen LogP contribution in [0.4, 0.5) is 5.69 Å². The molecule has 7 heteroatoms. The molecule has 0 saturated carbocycles. The molecule has 0 fully saturated rings. The summed E-state index contributed by atoms with van der Waals surface area (Å²) in [5.41, 5.74) is 6.83. The van der Waals surface area contributed by atoms with Crippen molar-refractivity contribution < 1.29 is 9.53 Å². The number of aromatic nitrogens is 2. The molecule has 0 amide bonds. The molecule has 0 aliphatic heterocycles. The van der Waals surface area contributed by atoms with Crippen LogP contribution >= 0.6 is 23.2 Å². The van der Waals surface area contributed by atoms with Gasteiger partial charge in [-0.3, -0.25) is 4.68 Å². The Morgan fingerprint density at radius 2 is 2.14 bits per heavy atom. The molecule has 1 heterocycles. The number of carbonyl (C=O) groups is 1. The normalized spacial score (nSPS) is 10.9. The first-order valence-corrected chi connectivity index (χ1v) is 7.09. The first-order valence-electron chi connectivity index (χ1n) is 6.34. The van der Waals surface area contributed by atoms with E-state index in [1.807, 2.05) is 20.0 Å². The zero-order valence-corrected chi connectivity index (χ0v) is 13.1. The number of nitrogens with zero attached hydrogens (tertiary/aromatic N) is 2. The zero-order chi connectivity index (χ0) is 15.6. The van der Waals surface area contributed by atoms with Gasteiger partial charge < -0.3 is 10.5 Å². The fourth-order valence-corrected chi connectivity index (χ4v) is 2.03. The fourth-order valence-electron chi connectivity index (χ4n) is 1.69. The van der Waals surface area contributed by atoms with E-state index < -0.39 is 5.97 Å². The molecule has 2 rings (SSSR count). The number of rotatable bonds is 4. The largest absolute Gasteiger partial charge is 0.456 e. The molecule has 0 aliphatic rings. The van der Waals surface area contributed by atoms with Gasteiger partial charge in [-0.25, -0.2) is 4.79 Å². The van der Waals surface area contributed by atoms with Crippen molar-refractivity contribution in [2.75, 3.05) is 5.73 Å². The third-order valence-corrected chi connectivity index (χ3v) is 3.65. The third-order valence-electron chi connectivity index (χ3n) is 2.84. The van der Waals surface area contributed by atoms with Gasteiger partial charge in [-0.1, -0.05) is 23.2 Å². The van der Waals surface area contributed by atoms with Crippen LogP contribution in [0.25, 0.3) is 0 Å². The third kappa shape index (κ3) is 3.68. The standard InChI is InChI=1S/C14H15Cl2N3O2/c1-8(2)19-4-3-10(18-19)7-21-14(20)9-5-11(15)13(16)12(17)6-9/h3-6,8H,7,17H2,1-2H3. The van der Waals surface area contributed by atoms with Gasteiger partial charge in [-0.05, 0) is 32.0 Å². The van der Waals surface area contributed by atoms with E-state index in [0.29, 0.717) is 5.69 Å². The van der Waals surface area contributed by atoms with Gasteiger partial charge in [0.25, 0.3) is 0 Å². The fraction of sp³-hybridized carbons (Fsp3) is 0.286. The number of halogens is 2. The average molecular weight is 328 g/mol. The topological polar surface area (TPSA) is 70.1 Å². The molecular weight excluding hydrogens is 313 g/mol. The molecule has 112 valence electrons. The van der Waals surface area contributed by atoms with Crippen LogP contribution in [-0.4, -0.2) is 15.7 Å². The lowest BCUT2D eigenvalue weighted by atomic mass is 10.2. The highest BCUT2D eigenvalue weighted by atomic mass is 35.5. The van der Waals surface area contributed by atoms with Gasteiger partial charge in [0.2, 0.25) is 0 Å². The van der Waals surface area contributed by atoms with Crippen molar-refractivity contribution in [2.45, 2.75) is 26.5 Å². The molecule has 0 bridgehead atoms. The molecule has 2 N–H and O–H groups in total. The maximum Gasteiger partial charge on any atom is 0.338 e. The SMILES string of the molecule is CC(C)n1ccc(COC(=O)c2cc(N)c(Cl)c(Cl)c2)n1. The van der Waals surface area contributed by atoms with E-state index in [2.05, 4.69) is 5.10 Å². The molecule has 1 aromatic carbocycles. The van der Waals surface area contributed by atoms with Crippen molar-refractivity contribution >= 4 is 34.9 Å². The van der Waals surface area contributed by atoms with Gasteiger partial charge in [-0.15, -0.1) is 0 Å². The van der Waals surface area contributed by atoms with Gasteiger partial charge in [-0.2, -0.15) is 5.10 Å². The Kier molecular flexibility index (Phi) is 4.75. The average Bonchev–Trinajstić information content (AvgIpc) is 2.90. The molecule has 2 aromatic rings. The van der Waals surface area contributed by atoms with E-state index in [1.165, 1.54) is 12.1 Å². The van der Waals surface area contributed by atoms with E-state index in [4.69, 9.17) is 33.7 Å². The number of nitrogen functional groups attached to an aromatic ring is 1. The van der Waals surface area contributed by atoms with Crippen molar-refractivity contribution in [3.8, 4) is 0 Å². The molecule has 0 atom stereocenters. The molecule has 0 spiro atoms. The lowest BCUT2D eigenvalue weighted by Gasteiger charge is -2.07. The van der Waals surface area contributed by atoms with Crippen molar-refractivity contribution in [3.05, 3.63) is 45.7 Å². The second kappa shape index (κ2) is 6.37. The first kappa shape index (κ1) is 15.7. The lowest BCUT2D eigenvalue weighted by Crippen LogP contribution is -2.07. The Bertz CT molecular complexity index is 645. The molecule has 0 saturated heterocycles. The van der Waals surface area contributed by atoms with Gasteiger partial charge in [0, 0.05) is 12.2 Å². The number of benzene rings is 1. The highest BCUT2D eigenvalue weighted by Crippen LogP contribution is 2.29. The number of esters is 1. The maximum absolute atomic E-state index is 12.0. The second-order valence-corrected chi connectivity index (χ2v) is 5.60.